The van der Waals surface area contributed by atoms with E-state index in [4.69, 9.17) is 11.6 Å². The maximum Gasteiger partial charge on any atom is 0.265 e. The molecule has 0 saturated heterocycles. The van der Waals surface area contributed by atoms with Crippen molar-refractivity contribution in [2.75, 3.05) is 16.7 Å². The third kappa shape index (κ3) is 4.21. The summed E-state index contributed by atoms with van der Waals surface area (Å²) in [5, 5.41) is 4.17. The zero-order chi connectivity index (χ0) is 23.0. The van der Waals surface area contributed by atoms with Crippen LogP contribution in [-0.4, -0.2) is 21.4 Å². The fourth-order valence-corrected chi connectivity index (χ4v) is 5.47. The summed E-state index contributed by atoms with van der Waals surface area (Å²) in [6, 6.07) is 16.8. The fourth-order valence-electron chi connectivity index (χ4n) is 3.17. The number of nitrogens with zero attached hydrogens (tertiary/aromatic N) is 1. The molecule has 1 heterocycles. The van der Waals surface area contributed by atoms with Gasteiger partial charge in [-0.25, -0.2) is 12.8 Å². The van der Waals surface area contributed by atoms with Crippen molar-refractivity contribution in [3.05, 3.63) is 88.0 Å². The Morgan fingerprint density at radius 2 is 1.78 bits per heavy atom. The van der Waals surface area contributed by atoms with Crippen molar-refractivity contribution >= 4 is 60.3 Å². The average Bonchev–Trinajstić information content (AvgIpc) is 3.20. The second-order valence-corrected chi connectivity index (χ2v) is 10.6. The van der Waals surface area contributed by atoms with Gasteiger partial charge in [-0.1, -0.05) is 17.7 Å². The van der Waals surface area contributed by atoms with Gasteiger partial charge >= 0.3 is 0 Å². The Labute approximate surface area is 194 Å². The molecule has 9 heteroatoms. The summed E-state index contributed by atoms with van der Waals surface area (Å²) >= 11 is 7.43. The number of benzene rings is 3. The smallest absolute Gasteiger partial charge is 0.265 e. The molecule has 32 heavy (non-hydrogen) atoms. The van der Waals surface area contributed by atoms with Gasteiger partial charge in [0.05, 0.1) is 15.5 Å². The molecule has 3 aromatic carbocycles. The SMILES string of the molecule is Cc1c(Cl)cccc1NC(=O)c1cc2cc(N(C)S(=O)(=O)c3ccc(F)cc3)ccc2s1. The van der Waals surface area contributed by atoms with Crippen LogP contribution in [0.15, 0.2) is 71.6 Å². The zero-order valence-electron chi connectivity index (χ0n) is 17.1. The van der Waals surface area contributed by atoms with E-state index >= 15 is 0 Å². The van der Waals surface area contributed by atoms with Crippen LogP contribution in [0, 0.1) is 12.7 Å². The molecule has 5 nitrogen and oxygen atoms in total. The van der Waals surface area contributed by atoms with Gasteiger partial charge in [0, 0.05) is 22.5 Å². The number of anilines is 2. The van der Waals surface area contributed by atoms with E-state index in [1.165, 1.54) is 30.5 Å². The summed E-state index contributed by atoms with van der Waals surface area (Å²) in [6.45, 7) is 1.83. The Hall–Kier alpha value is -2.94. The Kier molecular flexibility index (Phi) is 5.94. The third-order valence-corrected chi connectivity index (χ3v) is 8.40. The highest BCUT2D eigenvalue weighted by Gasteiger charge is 2.22. The van der Waals surface area contributed by atoms with Crippen LogP contribution in [0.3, 0.4) is 0 Å². The number of amides is 1. The average molecular weight is 489 g/mol. The molecule has 164 valence electrons. The molecule has 0 radical (unpaired) electrons. The van der Waals surface area contributed by atoms with E-state index in [1.807, 2.05) is 6.92 Å². The van der Waals surface area contributed by atoms with Crippen molar-refractivity contribution in [2.45, 2.75) is 11.8 Å². The van der Waals surface area contributed by atoms with Crippen LogP contribution in [0.25, 0.3) is 10.1 Å². The summed E-state index contributed by atoms with van der Waals surface area (Å²) < 4.78 is 40.9. The number of halogens is 2. The molecule has 0 aliphatic rings. The number of sulfonamides is 1. The van der Waals surface area contributed by atoms with Crippen molar-refractivity contribution in [3.8, 4) is 0 Å². The summed E-state index contributed by atoms with van der Waals surface area (Å²) in [5.74, 6) is -0.782. The molecule has 4 aromatic rings. The number of nitrogens with one attached hydrogen (secondary N) is 1. The summed E-state index contributed by atoms with van der Waals surface area (Å²) in [6.07, 6.45) is 0. The van der Waals surface area contributed by atoms with Gasteiger partial charge in [-0.05, 0) is 78.5 Å². The van der Waals surface area contributed by atoms with Crippen molar-refractivity contribution in [3.63, 3.8) is 0 Å². The first-order valence-corrected chi connectivity index (χ1v) is 12.1. The Bertz CT molecular complexity index is 1430. The number of thiophene rings is 1. The van der Waals surface area contributed by atoms with Crippen LogP contribution in [0.4, 0.5) is 15.8 Å². The molecule has 4 rings (SSSR count). The number of fused-ring (bicyclic) bond motifs is 1. The Balaban J connectivity index is 1.62. The largest absolute Gasteiger partial charge is 0.321 e. The first-order chi connectivity index (χ1) is 15.2. The standard InChI is InChI=1S/C23H18ClFN2O3S2/c1-14-19(24)4-3-5-20(14)26-23(28)22-13-15-12-17(8-11-21(15)31-22)27(2)32(29,30)18-9-6-16(25)7-10-18/h3-13H,1-2H3,(H,26,28). The molecule has 0 spiro atoms. The molecule has 0 unspecified atom stereocenters. The van der Waals surface area contributed by atoms with Gasteiger partial charge in [-0.3, -0.25) is 9.10 Å². The lowest BCUT2D eigenvalue weighted by atomic mass is 10.2. The lowest BCUT2D eigenvalue weighted by Gasteiger charge is -2.19. The summed E-state index contributed by atoms with van der Waals surface area (Å²) in [7, 11) is -2.43. The van der Waals surface area contributed by atoms with Gasteiger partial charge in [0.2, 0.25) is 0 Å². The fraction of sp³-hybridized carbons (Fsp3) is 0.0870. The first-order valence-electron chi connectivity index (χ1n) is 9.51. The van der Waals surface area contributed by atoms with Crippen LogP contribution in [0.1, 0.15) is 15.2 Å². The van der Waals surface area contributed by atoms with Crippen LogP contribution in [0.5, 0.6) is 0 Å². The third-order valence-electron chi connectivity index (χ3n) is 5.08. The van der Waals surface area contributed by atoms with E-state index in [0.29, 0.717) is 21.3 Å². The van der Waals surface area contributed by atoms with E-state index < -0.39 is 15.8 Å². The minimum Gasteiger partial charge on any atom is -0.321 e. The number of carbonyl (C=O) groups is 1. The molecular weight excluding hydrogens is 471 g/mol. The summed E-state index contributed by atoms with van der Waals surface area (Å²) in [5.41, 5.74) is 1.83. The lowest BCUT2D eigenvalue weighted by molar-refractivity contribution is 0.103. The van der Waals surface area contributed by atoms with E-state index in [1.54, 1.807) is 42.5 Å². The van der Waals surface area contributed by atoms with Crippen LogP contribution in [-0.2, 0) is 10.0 Å². The number of carbonyl (C=O) groups excluding carboxylic acids is 1. The number of rotatable bonds is 5. The van der Waals surface area contributed by atoms with E-state index in [-0.39, 0.29) is 10.8 Å². The highest BCUT2D eigenvalue weighted by molar-refractivity contribution is 7.92. The van der Waals surface area contributed by atoms with Gasteiger partial charge in [-0.15, -0.1) is 11.3 Å². The highest BCUT2D eigenvalue weighted by atomic mass is 35.5. The number of hydrogen-bond acceptors (Lipinski definition) is 4. The Morgan fingerprint density at radius 1 is 1.06 bits per heavy atom. The maximum absolute atomic E-state index is 13.2. The van der Waals surface area contributed by atoms with Crippen LogP contribution < -0.4 is 9.62 Å². The normalized spacial score (nSPS) is 11.5. The molecule has 1 aromatic heterocycles. The van der Waals surface area contributed by atoms with Gasteiger partial charge < -0.3 is 5.32 Å². The molecular formula is C23H18ClFN2O3S2. The monoisotopic (exact) mass is 488 g/mol. The van der Waals surface area contributed by atoms with Crippen molar-refractivity contribution < 1.29 is 17.6 Å². The predicted molar refractivity (Wildman–Crippen MR) is 128 cm³/mol. The van der Waals surface area contributed by atoms with E-state index in [0.717, 1.165) is 32.1 Å². The van der Waals surface area contributed by atoms with Crippen molar-refractivity contribution in [2.24, 2.45) is 0 Å². The molecule has 0 aliphatic heterocycles. The molecule has 0 atom stereocenters. The lowest BCUT2D eigenvalue weighted by Crippen LogP contribution is -2.26. The minimum atomic E-state index is -3.86. The van der Waals surface area contributed by atoms with Gasteiger partial charge in [-0.2, -0.15) is 0 Å². The first kappa shape index (κ1) is 22.3. The van der Waals surface area contributed by atoms with E-state index in [9.17, 15) is 17.6 Å². The molecule has 1 N–H and O–H groups in total. The second-order valence-electron chi connectivity index (χ2n) is 7.13. The highest BCUT2D eigenvalue weighted by Crippen LogP contribution is 2.32. The minimum absolute atomic E-state index is 0.0104. The molecule has 0 aliphatic carbocycles. The molecule has 0 bridgehead atoms. The maximum atomic E-state index is 13.2. The van der Waals surface area contributed by atoms with Gasteiger partial charge in [0.25, 0.3) is 15.9 Å². The van der Waals surface area contributed by atoms with Gasteiger partial charge in [0.15, 0.2) is 0 Å². The second kappa shape index (κ2) is 8.54. The van der Waals surface area contributed by atoms with Crippen LogP contribution in [0.2, 0.25) is 5.02 Å². The molecule has 0 fully saturated rings. The van der Waals surface area contributed by atoms with Crippen molar-refractivity contribution in [1.29, 1.82) is 0 Å². The Morgan fingerprint density at radius 3 is 2.50 bits per heavy atom. The predicted octanol–water partition coefficient (Wildman–Crippen LogP) is 6.08. The van der Waals surface area contributed by atoms with Gasteiger partial charge in [0.1, 0.15) is 5.82 Å². The molecule has 1 amide bonds. The zero-order valence-corrected chi connectivity index (χ0v) is 19.5. The van der Waals surface area contributed by atoms with Crippen molar-refractivity contribution in [1.82, 2.24) is 0 Å². The number of hydrogen-bond donors (Lipinski definition) is 1. The van der Waals surface area contributed by atoms with E-state index in [2.05, 4.69) is 5.32 Å². The molecule has 0 saturated carbocycles. The summed E-state index contributed by atoms with van der Waals surface area (Å²) in [4.78, 5) is 13.2. The quantitative estimate of drug-likeness (QED) is 0.370. The topological polar surface area (TPSA) is 66.5 Å². The van der Waals surface area contributed by atoms with Crippen LogP contribution >= 0.6 is 22.9 Å².